The van der Waals surface area contributed by atoms with Gasteiger partial charge in [-0.05, 0) is 68.4 Å². The number of rotatable bonds is 5. The van der Waals surface area contributed by atoms with Gasteiger partial charge in [0.25, 0.3) is 0 Å². The first kappa shape index (κ1) is 20.8. The van der Waals surface area contributed by atoms with E-state index in [9.17, 15) is 4.79 Å². The molecule has 3 rings (SSSR count). The van der Waals surface area contributed by atoms with Crippen molar-refractivity contribution in [1.29, 1.82) is 0 Å². The van der Waals surface area contributed by atoms with Crippen molar-refractivity contribution in [1.82, 2.24) is 5.32 Å². The smallest absolute Gasteiger partial charge is 0.235 e. The van der Waals surface area contributed by atoms with Gasteiger partial charge < -0.3 is 20.1 Å². The molecule has 1 aliphatic rings. The van der Waals surface area contributed by atoms with Crippen LogP contribution in [0.3, 0.4) is 0 Å². The summed E-state index contributed by atoms with van der Waals surface area (Å²) in [7, 11) is 3.19. The third kappa shape index (κ3) is 4.24. The molecule has 29 heavy (non-hydrogen) atoms. The third-order valence-corrected chi connectivity index (χ3v) is 5.47. The van der Waals surface area contributed by atoms with Crippen LogP contribution in [0.4, 0.5) is 5.69 Å². The number of methoxy groups -OCH3 is 2. The lowest BCUT2D eigenvalue weighted by Gasteiger charge is -2.32. The minimum absolute atomic E-state index is 0.162. The van der Waals surface area contributed by atoms with E-state index in [-0.39, 0.29) is 5.91 Å². The Hall–Kier alpha value is -2.93. The Bertz CT molecular complexity index is 987. The lowest BCUT2D eigenvalue weighted by atomic mass is 9.86. The highest BCUT2D eigenvalue weighted by atomic mass is 32.1. The highest BCUT2D eigenvalue weighted by Crippen LogP contribution is 2.36. The molecule has 0 spiro atoms. The predicted octanol–water partition coefficient (Wildman–Crippen LogP) is 3.97. The van der Waals surface area contributed by atoms with Gasteiger partial charge in [-0.15, -0.1) is 0 Å². The number of nitrogens with one attached hydrogen (secondary N) is 2. The van der Waals surface area contributed by atoms with Crippen molar-refractivity contribution in [2.24, 2.45) is 10.9 Å². The Morgan fingerprint density at radius 3 is 2.59 bits per heavy atom. The number of aliphatic imine (C=N–C) groups is 1. The zero-order valence-corrected chi connectivity index (χ0v) is 18.0. The minimum atomic E-state index is -0.567. The van der Waals surface area contributed by atoms with Crippen LogP contribution in [-0.2, 0) is 4.79 Å². The number of carbonyl (C=O) groups is 1. The number of ether oxygens (including phenoxy) is 2. The summed E-state index contributed by atoms with van der Waals surface area (Å²) < 4.78 is 10.9. The Morgan fingerprint density at radius 1 is 1.14 bits per heavy atom. The second kappa shape index (κ2) is 8.61. The first-order valence-electron chi connectivity index (χ1n) is 9.30. The van der Waals surface area contributed by atoms with Gasteiger partial charge in [-0.1, -0.05) is 12.1 Å². The number of aryl methyl sites for hydroxylation is 1. The minimum Gasteiger partial charge on any atom is -0.497 e. The zero-order chi connectivity index (χ0) is 21.1. The zero-order valence-electron chi connectivity index (χ0n) is 17.2. The Morgan fingerprint density at radius 2 is 1.90 bits per heavy atom. The molecule has 2 atom stereocenters. The van der Waals surface area contributed by atoms with Crippen LogP contribution in [-0.4, -0.2) is 31.0 Å². The maximum absolute atomic E-state index is 13.3. The molecule has 0 fully saturated rings. The summed E-state index contributed by atoms with van der Waals surface area (Å²) in [6.07, 6.45) is 0. The third-order valence-electron chi connectivity index (χ3n) is 5.26. The second-order valence-electron chi connectivity index (χ2n) is 7.00. The van der Waals surface area contributed by atoms with E-state index in [4.69, 9.17) is 21.7 Å². The Balaban J connectivity index is 2.02. The predicted molar refractivity (Wildman–Crippen MR) is 119 cm³/mol. The van der Waals surface area contributed by atoms with E-state index < -0.39 is 12.0 Å². The van der Waals surface area contributed by atoms with Crippen LogP contribution < -0.4 is 20.1 Å². The number of amides is 1. The Kier molecular flexibility index (Phi) is 6.17. The van der Waals surface area contributed by atoms with Crippen molar-refractivity contribution in [3.05, 3.63) is 53.1 Å². The number of benzene rings is 2. The standard InChI is InChI=1S/C22H25N3O3S/c1-12-7-6-8-17(13(12)2)24-21(26)19-14(3)23-22(29)25-20(19)16-11-15(27-4)9-10-18(16)28-5/h6-11,19-20H,1-5H3,(H,24,26)(H,25,29). The molecule has 2 aromatic rings. The van der Waals surface area contributed by atoms with Crippen molar-refractivity contribution in [3.8, 4) is 11.5 Å². The summed E-state index contributed by atoms with van der Waals surface area (Å²) in [5, 5.41) is 6.58. The van der Waals surface area contributed by atoms with Crippen LogP contribution in [0.5, 0.6) is 11.5 Å². The number of hydrogen-bond acceptors (Lipinski definition) is 4. The van der Waals surface area contributed by atoms with Gasteiger partial charge >= 0.3 is 0 Å². The number of carbonyl (C=O) groups excluding carboxylic acids is 1. The fourth-order valence-corrected chi connectivity index (χ4v) is 3.77. The first-order valence-corrected chi connectivity index (χ1v) is 9.71. The van der Waals surface area contributed by atoms with E-state index >= 15 is 0 Å². The van der Waals surface area contributed by atoms with Gasteiger partial charge in [-0.25, -0.2) is 4.99 Å². The highest BCUT2D eigenvalue weighted by Gasteiger charge is 2.37. The van der Waals surface area contributed by atoms with Gasteiger partial charge in [0.2, 0.25) is 5.91 Å². The molecule has 2 unspecified atom stereocenters. The topological polar surface area (TPSA) is 72.0 Å². The molecule has 0 saturated heterocycles. The van der Waals surface area contributed by atoms with Gasteiger partial charge in [-0.3, -0.25) is 4.79 Å². The molecular formula is C22H25N3O3S. The number of anilines is 1. The van der Waals surface area contributed by atoms with E-state index in [1.54, 1.807) is 14.2 Å². The van der Waals surface area contributed by atoms with Crippen molar-refractivity contribution < 1.29 is 14.3 Å². The molecule has 2 N–H and O–H groups in total. The fourth-order valence-electron chi connectivity index (χ4n) is 3.50. The van der Waals surface area contributed by atoms with Crippen LogP contribution in [0.15, 0.2) is 41.4 Å². The van der Waals surface area contributed by atoms with Gasteiger partial charge in [0.1, 0.15) is 17.4 Å². The summed E-state index contributed by atoms with van der Waals surface area (Å²) in [6.45, 7) is 5.82. The monoisotopic (exact) mass is 411 g/mol. The fraction of sp³-hybridized carbons (Fsp3) is 0.318. The van der Waals surface area contributed by atoms with Gasteiger partial charge in [0.15, 0.2) is 5.11 Å². The molecule has 0 aliphatic carbocycles. The summed E-state index contributed by atoms with van der Waals surface area (Å²) in [6, 6.07) is 10.9. The summed E-state index contributed by atoms with van der Waals surface area (Å²) in [4.78, 5) is 17.7. The molecule has 1 heterocycles. The molecule has 0 aromatic heterocycles. The number of nitrogens with zero attached hydrogens (tertiary/aromatic N) is 1. The van der Waals surface area contributed by atoms with Crippen LogP contribution in [0.1, 0.15) is 29.7 Å². The first-order chi connectivity index (χ1) is 13.8. The lowest BCUT2D eigenvalue weighted by Crippen LogP contribution is -2.45. The summed E-state index contributed by atoms with van der Waals surface area (Å²) >= 11 is 5.31. The second-order valence-corrected chi connectivity index (χ2v) is 7.39. The molecule has 1 amide bonds. The molecule has 0 saturated carbocycles. The average molecular weight is 412 g/mol. The normalized spacial score (nSPS) is 18.5. The SMILES string of the molecule is COc1ccc(OC)c(C2NC(=S)N=C(C)C2C(=O)Nc2cccc(C)c2C)c1. The molecule has 2 aromatic carbocycles. The molecule has 6 nitrogen and oxygen atoms in total. The maximum Gasteiger partial charge on any atom is 0.235 e. The van der Waals surface area contributed by atoms with Crippen molar-refractivity contribution in [2.75, 3.05) is 19.5 Å². The maximum atomic E-state index is 13.3. The van der Waals surface area contributed by atoms with Crippen molar-refractivity contribution in [3.63, 3.8) is 0 Å². The lowest BCUT2D eigenvalue weighted by molar-refractivity contribution is -0.118. The van der Waals surface area contributed by atoms with E-state index in [1.165, 1.54) is 0 Å². The van der Waals surface area contributed by atoms with Crippen LogP contribution in [0, 0.1) is 19.8 Å². The van der Waals surface area contributed by atoms with Crippen molar-refractivity contribution in [2.45, 2.75) is 26.8 Å². The molecule has 0 bridgehead atoms. The van der Waals surface area contributed by atoms with Crippen LogP contribution in [0.2, 0.25) is 0 Å². The molecule has 152 valence electrons. The van der Waals surface area contributed by atoms with Gasteiger partial charge in [0.05, 0.1) is 20.3 Å². The molecule has 7 heteroatoms. The largest absolute Gasteiger partial charge is 0.497 e. The number of hydrogen-bond donors (Lipinski definition) is 2. The van der Waals surface area contributed by atoms with Gasteiger partial charge in [-0.2, -0.15) is 0 Å². The Labute approximate surface area is 176 Å². The van der Waals surface area contributed by atoms with E-state index in [2.05, 4.69) is 15.6 Å². The quantitative estimate of drug-likeness (QED) is 0.729. The molecular weight excluding hydrogens is 386 g/mol. The summed E-state index contributed by atoms with van der Waals surface area (Å²) in [5.74, 6) is 0.583. The van der Waals surface area contributed by atoms with Gasteiger partial charge in [0, 0.05) is 17.0 Å². The molecule has 0 radical (unpaired) electrons. The van der Waals surface area contributed by atoms with E-state index in [0.717, 1.165) is 22.4 Å². The van der Waals surface area contributed by atoms with Crippen molar-refractivity contribution >= 4 is 34.6 Å². The van der Waals surface area contributed by atoms with E-state index in [1.807, 2.05) is 57.2 Å². The average Bonchev–Trinajstić information content (AvgIpc) is 2.70. The van der Waals surface area contributed by atoms with Crippen LogP contribution >= 0.6 is 12.2 Å². The van der Waals surface area contributed by atoms with Crippen LogP contribution in [0.25, 0.3) is 0 Å². The van der Waals surface area contributed by atoms with E-state index in [0.29, 0.717) is 22.3 Å². The molecule has 1 aliphatic heterocycles. The highest BCUT2D eigenvalue weighted by molar-refractivity contribution is 7.80. The number of thiocarbonyl (C=S) groups is 1. The summed E-state index contributed by atoms with van der Waals surface area (Å²) in [5.41, 5.74) is 4.36.